The van der Waals surface area contributed by atoms with Crippen molar-refractivity contribution in [2.45, 2.75) is 0 Å². The van der Waals surface area contributed by atoms with Crippen molar-refractivity contribution in [2.24, 2.45) is 0 Å². The Morgan fingerprint density at radius 2 is 1.33 bits per heavy atom. The van der Waals surface area contributed by atoms with Crippen molar-refractivity contribution < 1.29 is 13.9 Å². The Bertz CT molecular complexity index is 721. The monoisotopic (exact) mass is 282 g/mol. The van der Waals surface area contributed by atoms with Crippen LogP contribution in [0.1, 0.15) is 0 Å². The number of ether oxygens (including phenoxy) is 2. The normalized spacial score (nSPS) is 10.1. The van der Waals surface area contributed by atoms with Gasteiger partial charge in [0.05, 0.1) is 6.20 Å². The summed E-state index contributed by atoms with van der Waals surface area (Å²) >= 11 is 0. The summed E-state index contributed by atoms with van der Waals surface area (Å²) in [5, 5.41) is 0. The highest BCUT2D eigenvalue weighted by molar-refractivity contribution is 5.29. The van der Waals surface area contributed by atoms with Gasteiger partial charge in [-0.05, 0) is 24.3 Å². The van der Waals surface area contributed by atoms with E-state index in [0.717, 1.165) is 6.20 Å². The highest BCUT2D eigenvalue weighted by atomic mass is 19.1. The molecule has 2 aromatic carbocycles. The van der Waals surface area contributed by atoms with Crippen LogP contribution in [0, 0.1) is 5.82 Å². The molecule has 1 aromatic heterocycles. The van der Waals surface area contributed by atoms with Crippen LogP contribution < -0.4 is 9.47 Å². The number of para-hydroxylation sites is 2. The lowest BCUT2D eigenvalue weighted by atomic mass is 10.3. The molecular weight excluding hydrogens is 271 g/mol. The highest BCUT2D eigenvalue weighted by Crippen LogP contribution is 2.25. The van der Waals surface area contributed by atoms with Crippen LogP contribution in [-0.4, -0.2) is 9.97 Å². The van der Waals surface area contributed by atoms with Crippen molar-refractivity contribution in [3.8, 4) is 23.4 Å². The van der Waals surface area contributed by atoms with Crippen LogP contribution in [0.25, 0.3) is 0 Å². The molecule has 0 unspecified atom stereocenters. The Balaban J connectivity index is 1.83. The van der Waals surface area contributed by atoms with Crippen LogP contribution in [0.3, 0.4) is 0 Å². The summed E-state index contributed by atoms with van der Waals surface area (Å²) in [5.74, 6) is 0.219. The van der Waals surface area contributed by atoms with E-state index in [-0.39, 0.29) is 11.9 Å². The van der Waals surface area contributed by atoms with Crippen LogP contribution >= 0.6 is 0 Å². The molecule has 0 radical (unpaired) electrons. The van der Waals surface area contributed by atoms with E-state index in [1.165, 1.54) is 0 Å². The van der Waals surface area contributed by atoms with Gasteiger partial charge in [0.1, 0.15) is 11.5 Å². The first-order valence-corrected chi connectivity index (χ1v) is 6.29. The molecule has 0 aliphatic rings. The van der Waals surface area contributed by atoms with Crippen LogP contribution in [0.4, 0.5) is 4.39 Å². The first-order valence-electron chi connectivity index (χ1n) is 6.29. The molecule has 0 aliphatic carbocycles. The third kappa shape index (κ3) is 3.33. The molecule has 104 valence electrons. The van der Waals surface area contributed by atoms with E-state index in [9.17, 15) is 4.39 Å². The Morgan fingerprint density at radius 3 is 1.95 bits per heavy atom. The third-order valence-corrected chi connectivity index (χ3v) is 2.60. The zero-order valence-electron chi connectivity index (χ0n) is 10.9. The predicted octanol–water partition coefficient (Wildman–Crippen LogP) is 4.20. The van der Waals surface area contributed by atoms with E-state index in [4.69, 9.17) is 9.47 Å². The van der Waals surface area contributed by atoms with Crippen molar-refractivity contribution in [2.75, 3.05) is 0 Å². The van der Waals surface area contributed by atoms with Gasteiger partial charge in [-0.25, -0.2) is 4.98 Å². The maximum atomic E-state index is 13.7. The Morgan fingerprint density at radius 1 is 0.762 bits per heavy atom. The first-order chi connectivity index (χ1) is 10.3. The molecular formula is C16H11FN2O2. The molecule has 0 aliphatic heterocycles. The first kappa shape index (κ1) is 13.1. The number of halogens is 1. The van der Waals surface area contributed by atoms with Crippen molar-refractivity contribution in [3.05, 3.63) is 72.7 Å². The zero-order valence-corrected chi connectivity index (χ0v) is 10.9. The standard InChI is InChI=1S/C16H11FN2O2/c17-14-11-18-16(21-13-9-5-2-6-10-13)19-15(14)20-12-7-3-1-4-8-12/h1-11H. The van der Waals surface area contributed by atoms with Gasteiger partial charge in [-0.1, -0.05) is 36.4 Å². The smallest absolute Gasteiger partial charge is 0.325 e. The molecule has 3 rings (SSSR count). The van der Waals surface area contributed by atoms with Gasteiger partial charge in [-0.3, -0.25) is 0 Å². The van der Waals surface area contributed by atoms with Gasteiger partial charge in [0.25, 0.3) is 5.88 Å². The maximum absolute atomic E-state index is 13.7. The van der Waals surface area contributed by atoms with Crippen molar-refractivity contribution in [1.82, 2.24) is 9.97 Å². The fourth-order valence-electron chi connectivity index (χ4n) is 1.65. The number of aromatic nitrogens is 2. The molecule has 21 heavy (non-hydrogen) atoms. The second kappa shape index (κ2) is 6.00. The topological polar surface area (TPSA) is 44.2 Å². The van der Waals surface area contributed by atoms with Gasteiger partial charge in [0.2, 0.25) is 5.82 Å². The lowest BCUT2D eigenvalue weighted by Crippen LogP contribution is -1.97. The molecule has 0 spiro atoms. The largest absolute Gasteiger partial charge is 0.436 e. The van der Waals surface area contributed by atoms with E-state index in [1.807, 2.05) is 24.3 Å². The van der Waals surface area contributed by atoms with E-state index in [0.29, 0.717) is 11.5 Å². The number of hydrogen-bond acceptors (Lipinski definition) is 4. The van der Waals surface area contributed by atoms with Gasteiger partial charge in [0, 0.05) is 0 Å². The van der Waals surface area contributed by atoms with E-state index >= 15 is 0 Å². The van der Waals surface area contributed by atoms with E-state index in [2.05, 4.69) is 9.97 Å². The fourth-order valence-corrected chi connectivity index (χ4v) is 1.65. The molecule has 0 amide bonds. The van der Waals surface area contributed by atoms with Crippen LogP contribution in [0.5, 0.6) is 23.4 Å². The van der Waals surface area contributed by atoms with Gasteiger partial charge in [-0.15, -0.1) is 0 Å². The van der Waals surface area contributed by atoms with Crippen LogP contribution in [-0.2, 0) is 0 Å². The summed E-state index contributed by atoms with van der Waals surface area (Å²) in [4.78, 5) is 7.72. The molecule has 1 heterocycles. The SMILES string of the molecule is Fc1cnc(Oc2ccccc2)nc1Oc1ccccc1. The molecule has 0 N–H and O–H groups in total. The molecule has 0 fully saturated rings. The molecule has 0 atom stereocenters. The number of hydrogen-bond donors (Lipinski definition) is 0. The minimum absolute atomic E-state index is 0.0218. The number of nitrogens with zero attached hydrogens (tertiary/aromatic N) is 2. The second-order valence-electron chi connectivity index (χ2n) is 4.14. The summed E-state index contributed by atoms with van der Waals surface area (Å²) in [6, 6.07) is 17.9. The van der Waals surface area contributed by atoms with Gasteiger partial charge in [-0.2, -0.15) is 9.37 Å². The maximum Gasteiger partial charge on any atom is 0.325 e. The lowest BCUT2D eigenvalue weighted by Gasteiger charge is -2.07. The van der Waals surface area contributed by atoms with Gasteiger partial charge >= 0.3 is 6.01 Å². The molecule has 0 saturated heterocycles. The molecule has 5 heteroatoms. The van der Waals surface area contributed by atoms with Gasteiger partial charge in [0.15, 0.2) is 0 Å². The Hall–Kier alpha value is -2.95. The third-order valence-electron chi connectivity index (χ3n) is 2.60. The van der Waals surface area contributed by atoms with Crippen LogP contribution in [0.15, 0.2) is 66.9 Å². The van der Waals surface area contributed by atoms with Crippen molar-refractivity contribution >= 4 is 0 Å². The van der Waals surface area contributed by atoms with Gasteiger partial charge < -0.3 is 9.47 Å². The average Bonchev–Trinajstić information content (AvgIpc) is 2.53. The molecule has 0 saturated carbocycles. The minimum atomic E-state index is -0.653. The lowest BCUT2D eigenvalue weighted by molar-refractivity contribution is 0.386. The molecule has 0 bridgehead atoms. The van der Waals surface area contributed by atoms with Crippen LogP contribution in [0.2, 0.25) is 0 Å². The Kier molecular flexibility index (Phi) is 3.73. The minimum Gasteiger partial charge on any atom is -0.436 e. The summed E-state index contributed by atoms with van der Waals surface area (Å²) in [6.45, 7) is 0. The summed E-state index contributed by atoms with van der Waals surface area (Å²) in [6.07, 6.45) is 1.02. The fraction of sp³-hybridized carbons (Fsp3) is 0. The average molecular weight is 282 g/mol. The predicted molar refractivity (Wildman–Crippen MR) is 75.0 cm³/mol. The zero-order chi connectivity index (χ0) is 14.5. The summed E-state index contributed by atoms with van der Waals surface area (Å²) in [5.41, 5.74) is 0. The second-order valence-corrected chi connectivity index (χ2v) is 4.14. The Labute approximate surface area is 120 Å². The van der Waals surface area contributed by atoms with E-state index < -0.39 is 5.82 Å². The summed E-state index contributed by atoms with van der Waals surface area (Å²) in [7, 11) is 0. The van der Waals surface area contributed by atoms with E-state index in [1.54, 1.807) is 36.4 Å². The number of benzene rings is 2. The van der Waals surface area contributed by atoms with Crippen molar-refractivity contribution in [3.63, 3.8) is 0 Å². The highest BCUT2D eigenvalue weighted by Gasteiger charge is 2.10. The van der Waals surface area contributed by atoms with Crippen molar-refractivity contribution in [1.29, 1.82) is 0 Å². The molecule has 3 aromatic rings. The summed E-state index contributed by atoms with van der Waals surface area (Å²) < 4.78 is 24.5. The molecule has 4 nitrogen and oxygen atoms in total. The number of rotatable bonds is 4. The quantitative estimate of drug-likeness (QED) is 0.719.